The topological polar surface area (TPSA) is 75.5 Å². The van der Waals surface area contributed by atoms with Gasteiger partial charge < -0.3 is 10.2 Å². The van der Waals surface area contributed by atoms with Gasteiger partial charge in [0.25, 0.3) is 11.6 Å². The second-order valence-electron chi connectivity index (χ2n) is 9.44. The van der Waals surface area contributed by atoms with E-state index in [9.17, 15) is 14.9 Å². The van der Waals surface area contributed by atoms with Crippen LogP contribution in [-0.4, -0.2) is 30.0 Å². The first-order valence-electron chi connectivity index (χ1n) is 10.9. The number of nitrogens with zero attached hydrogens (tertiary/aromatic N) is 2. The number of carbonyl (C=O) groups excluding carboxylic acids is 1. The van der Waals surface area contributed by atoms with Crippen LogP contribution in [0.25, 0.3) is 0 Å². The summed E-state index contributed by atoms with van der Waals surface area (Å²) in [5, 5.41) is 14.9. The van der Waals surface area contributed by atoms with Crippen LogP contribution in [0.2, 0.25) is 0 Å². The fraction of sp³-hybridized carbons (Fsp3) is 0.682. The van der Waals surface area contributed by atoms with Gasteiger partial charge in [0.05, 0.1) is 4.92 Å². The van der Waals surface area contributed by atoms with Crippen LogP contribution in [0, 0.1) is 33.8 Å². The monoisotopic (exact) mass is 383 g/mol. The molecular weight excluding hydrogens is 354 g/mol. The van der Waals surface area contributed by atoms with Gasteiger partial charge in [0.1, 0.15) is 5.69 Å². The van der Waals surface area contributed by atoms with Crippen LogP contribution in [0.15, 0.2) is 18.2 Å². The van der Waals surface area contributed by atoms with Gasteiger partial charge in [-0.25, -0.2) is 0 Å². The molecule has 150 valence electrons. The normalized spacial score (nSPS) is 33.7. The molecule has 1 heterocycles. The van der Waals surface area contributed by atoms with Crippen molar-refractivity contribution in [1.29, 1.82) is 0 Å². The molecule has 4 saturated carbocycles. The van der Waals surface area contributed by atoms with Gasteiger partial charge in [-0.3, -0.25) is 14.9 Å². The average Bonchev–Trinajstić information content (AvgIpc) is 2.70. The average molecular weight is 383 g/mol. The Bertz CT molecular complexity index is 759. The summed E-state index contributed by atoms with van der Waals surface area (Å²) in [6.45, 7) is 1.69. The van der Waals surface area contributed by atoms with Crippen molar-refractivity contribution in [3.63, 3.8) is 0 Å². The Kier molecular flexibility index (Phi) is 4.52. The Balaban J connectivity index is 1.35. The van der Waals surface area contributed by atoms with Gasteiger partial charge in [-0.05, 0) is 87.2 Å². The van der Waals surface area contributed by atoms with Crippen LogP contribution in [0.1, 0.15) is 61.7 Å². The number of hydrogen-bond donors (Lipinski definition) is 1. The Morgan fingerprint density at radius 1 is 1.00 bits per heavy atom. The molecule has 6 nitrogen and oxygen atoms in total. The zero-order chi connectivity index (χ0) is 19.3. The zero-order valence-electron chi connectivity index (χ0n) is 16.3. The molecule has 1 N–H and O–H groups in total. The lowest BCUT2D eigenvalue weighted by atomic mass is 9.54. The van der Waals surface area contributed by atoms with Crippen LogP contribution < -0.4 is 10.2 Å². The van der Waals surface area contributed by atoms with Gasteiger partial charge in [0.2, 0.25) is 0 Å². The van der Waals surface area contributed by atoms with E-state index in [-0.39, 0.29) is 22.6 Å². The second-order valence-corrected chi connectivity index (χ2v) is 9.44. The number of nitro groups is 1. The summed E-state index contributed by atoms with van der Waals surface area (Å²) in [7, 11) is 0. The van der Waals surface area contributed by atoms with Gasteiger partial charge in [-0.15, -0.1) is 0 Å². The first kappa shape index (κ1) is 18.0. The standard InChI is InChI=1S/C22H29N3O3/c26-22(23-21-17-9-14-8-15(11-17)12-18(21)10-14)16-4-5-19(20(13-16)25(27)28)24-6-2-1-3-7-24/h4-5,13-15,17-18,21H,1-3,6-12H2,(H,23,26). The van der Waals surface area contributed by atoms with Crippen molar-refractivity contribution in [2.24, 2.45) is 23.7 Å². The van der Waals surface area contributed by atoms with Crippen molar-refractivity contribution in [2.75, 3.05) is 18.0 Å². The molecule has 0 atom stereocenters. The third-order valence-corrected chi connectivity index (χ3v) is 7.66. The summed E-state index contributed by atoms with van der Waals surface area (Å²) >= 11 is 0. The number of benzene rings is 1. The second kappa shape index (κ2) is 7.05. The van der Waals surface area contributed by atoms with Crippen LogP contribution in [0.4, 0.5) is 11.4 Å². The van der Waals surface area contributed by atoms with E-state index < -0.39 is 0 Å². The Morgan fingerprint density at radius 3 is 2.25 bits per heavy atom. The van der Waals surface area contributed by atoms with Gasteiger partial charge in [-0.1, -0.05) is 0 Å². The number of nitrogens with one attached hydrogen (secondary N) is 1. The largest absolute Gasteiger partial charge is 0.366 e. The van der Waals surface area contributed by atoms with E-state index in [4.69, 9.17) is 0 Å². The molecule has 0 spiro atoms. The van der Waals surface area contributed by atoms with Gasteiger partial charge in [0, 0.05) is 30.8 Å². The number of rotatable bonds is 4. The number of carbonyl (C=O) groups is 1. The highest BCUT2D eigenvalue weighted by Crippen LogP contribution is 2.53. The van der Waals surface area contributed by atoms with Crippen molar-refractivity contribution in [3.05, 3.63) is 33.9 Å². The van der Waals surface area contributed by atoms with Gasteiger partial charge >= 0.3 is 0 Å². The smallest absolute Gasteiger partial charge is 0.293 e. The first-order valence-corrected chi connectivity index (χ1v) is 10.9. The molecular formula is C22H29N3O3. The third-order valence-electron chi connectivity index (χ3n) is 7.66. The fourth-order valence-corrected chi connectivity index (χ4v) is 6.61. The summed E-state index contributed by atoms with van der Waals surface area (Å²) < 4.78 is 0. The molecule has 28 heavy (non-hydrogen) atoms. The molecule has 1 amide bonds. The minimum atomic E-state index is -0.344. The molecule has 0 unspecified atom stereocenters. The van der Waals surface area contributed by atoms with Crippen LogP contribution in [0.3, 0.4) is 0 Å². The quantitative estimate of drug-likeness (QED) is 0.626. The maximum absolute atomic E-state index is 13.0. The van der Waals surface area contributed by atoms with E-state index in [1.54, 1.807) is 12.1 Å². The van der Waals surface area contributed by atoms with Crippen LogP contribution in [0.5, 0.6) is 0 Å². The predicted molar refractivity (Wildman–Crippen MR) is 107 cm³/mol. The predicted octanol–water partition coefficient (Wildman–Crippen LogP) is 4.14. The van der Waals surface area contributed by atoms with Crippen LogP contribution >= 0.6 is 0 Å². The minimum Gasteiger partial charge on any atom is -0.366 e. The summed E-state index contributed by atoms with van der Waals surface area (Å²) in [5.41, 5.74) is 1.12. The lowest BCUT2D eigenvalue weighted by Crippen LogP contribution is -2.55. The molecule has 5 fully saturated rings. The van der Waals surface area contributed by atoms with E-state index in [2.05, 4.69) is 10.2 Å². The van der Waals surface area contributed by atoms with Crippen molar-refractivity contribution in [3.8, 4) is 0 Å². The molecule has 0 radical (unpaired) electrons. The van der Waals surface area contributed by atoms with E-state index >= 15 is 0 Å². The SMILES string of the molecule is O=C(NC1C2CC3CC(C2)CC1C3)c1ccc(N2CCCCC2)c([N+](=O)[O-])c1. The Morgan fingerprint density at radius 2 is 1.64 bits per heavy atom. The van der Waals surface area contributed by atoms with Crippen molar-refractivity contribution in [1.82, 2.24) is 5.32 Å². The summed E-state index contributed by atoms with van der Waals surface area (Å²) in [5.74, 6) is 2.78. The van der Waals surface area contributed by atoms with E-state index in [0.717, 1.165) is 37.8 Å². The maximum Gasteiger partial charge on any atom is 0.293 e. The maximum atomic E-state index is 13.0. The Hall–Kier alpha value is -2.11. The molecule has 0 aromatic heterocycles. The van der Waals surface area contributed by atoms with Crippen molar-refractivity contribution in [2.45, 2.75) is 57.4 Å². The number of anilines is 1. The molecule has 4 aliphatic carbocycles. The lowest BCUT2D eigenvalue weighted by Gasteiger charge is -2.54. The highest BCUT2D eigenvalue weighted by Gasteiger charge is 2.48. The summed E-state index contributed by atoms with van der Waals surface area (Å²) in [6.07, 6.45) is 9.65. The highest BCUT2D eigenvalue weighted by molar-refractivity contribution is 5.96. The molecule has 6 rings (SSSR count). The highest BCUT2D eigenvalue weighted by atomic mass is 16.6. The van der Waals surface area contributed by atoms with E-state index in [1.165, 1.54) is 44.6 Å². The molecule has 4 bridgehead atoms. The van der Waals surface area contributed by atoms with Crippen molar-refractivity contribution < 1.29 is 9.72 Å². The number of piperidine rings is 1. The number of amides is 1. The molecule has 1 aromatic rings. The molecule has 1 aromatic carbocycles. The lowest BCUT2D eigenvalue weighted by molar-refractivity contribution is -0.384. The zero-order valence-corrected chi connectivity index (χ0v) is 16.3. The molecule has 1 aliphatic heterocycles. The van der Waals surface area contributed by atoms with Crippen LogP contribution in [-0.2, 0) is 0 Å². The third kappa shape index (κ3) is 3.16. The number of nitro benzene ring substituents is 1. The summed E-state index contributed by atoms with van der Waals surface area (Å²) in [6, 6.07) is 5.27. The van der Waals surface area contributed by atoms with E-state index in [1.807, 2.05) is 0 Å². The van der Waals surface area contributed by atoms with Gasteiger partial charge in [-0.2, -0.15) is 0 Å². The fourth-order valence-electron chi connectivity index (χ4n) is 6.61. The van der Waals surface area contributed by atoms with Gasteiger partial charge in [0.15, 0.2) is 0 Å². The molecule has 5 aliphatic rings. The molecule has 1 saturated heterocycles. The minimum absolute atomic E-state index is 0.0552. The first-order chi connectivity index (χ1) is 13.6. The molecule has 6 heteroatoms. The number of hydrogen-bond acceptors (Lipinski definition) is 4. The van der Waals surface area contributed by atoms with E-state index in [0.29, 0.717) is 23.1 Å². The summed E-state index contributed by atoms with van der Waals surface area (Å²) in [4.78, 5) is 26.4. The Labute approximate surface area is 165 Å². The van der Waals surface area contributed by atoms with Crippen molar-refractivity contribution >= 4 is 17.3 Å².